The Hall–Kier alpha value is -0.810. The molecule has 0 unspecified atom stereocenters. The number of rotatable bonds is 3. The third-order valence-corrected chi connectivity index (χ3v) is 2.52. The van der Waals surface area contributed by atoms with E-state index < -0.39 is 0 Å². The molecule has 0 saturated carbocycles. The van der Waals surface area contributed by atoms with Crippen molar-refractivity contribution in [3.05, 3.63) is 0 Å². The smallest absolute Gasteiger partial charge is 0.316 e. The van der Waals surface area contributed by atoms with Crippen LogP contribution in [0, 0.1) is 0 Å². The second kappa shape index (κ2) is 5.82. The first-order valence-corrected chi connectivity index (χ1v) is 5.10. The lowest BCUT2D eigenvalue weighted by Gasteiger charge is -2.28. The molecule has 2 N–H and O–H groups in total. The van der Waals surface area contributed by atoms with Crippen molar-refractivity contribution in [3.63, 3.8) is 0 Å². The number of carbonyl (C=O) groups is 1. The van der Waals surface area contributed by atoms with Crippen LogP contribution in [0.2, 0.25) is 0 Å². The SMILES string of the molecule is CNC(=O)N(C)CCN1CCNCC1. The van der Waals surface area contributed by atoms with E-state index in [1.807, 2.05) is 7.05 Å². The minimum atomic E-state index is -0.0138. The molecule has 2 amide bonds. The summed E-state index contributed by atoms with van der Waals surface area (Å²) in [5.74, 6) is 0. The molecule has 0 aromatic heterocycles. The van der Waals surface area contributed by atoms with E-state index >= 15 is 0 Å². The van der Waals surface area contributed by atoms with Gasteiger partial charge < -0.3 is 15.5 Å². The summed E-state index contributed by atoms with van der Waals surface area (Å²) < 4.78 is 0. The Morgan fingerprint density at radius 1 is 1.50 bits per heavy atom. The van der Waals surface area contributed by atoms with E-state index in [4.69, 9.17) is 0 Å². The first-order chi connectivity index (χ1) is 6.74. The average molecular weight is 200 g/mol. The molecule has 1 saturated heterocycles. The van der Waals surface area contributed by atoms with E-state index in [1.54, 1.807) is 11.9 Å². The number of hydrogen-bond donors (Lipinski definition) is 2. The van der Waals surface area contributed by atoms with Gasteiger partial charge in [0.2, 0.25) is 0 Å². The Labute approximate surface area is 85.4 Å². The Bertz CT molecular complexity index is 180. The number of hydrogen-bond acceptors (Lipinski definition) is 3. The van der Waals surface area contributed by atoms with Crippen LogP contribution < -0.4 is 10.6 Å². The van der Waals surface area contributed by atoms with Crippen molar-refractivity contribution < 1.29 is 4.79 Å². The van der Waals surface area contributed by atoms with Gasteiger partial charge in [-0.2, -0.15) is 0 Å². The molecule has 5 nitrogen and oxygen atoms in total. The molecule has 0 aromatic rings. The van der Waals surface area contributed by atoms with Crippen LogP contribution in [0.4, 0.5) is 4.79 Å². The lowest BCUT2D eigenvalue weighted by molar-refractivity contribution is 0.189. The van der Waals surface area contributed by atoms with Gasteiger partial charge in [0.05, 0.1) is 0 Å². The lowest BCUT2D eigenvalue weighted by atomic mass is 10.3. The summed E-state index contributed by atoms with van der Waals surface area (Å²) in [6.45, 7) is 6.04. The summed E-state index contributed by atoms with van der Waals surface area (Å²) in [5, 5.41) is 5.91. The van der Waals surface area contributed by atoms with Crippen molar-refractivity contribution in [2.24, 2.45) is 0 Å². The van der Waals surface area contributed by atoms with E-state index in [0.29, 0.717) is 0 Å². The fraction of sp³-hybridized carbons (Fsp3) is 0.889. The largest absolute Gasteiger partial charge is 0.341 e. The topological polar surface area (TPSA) is 47.6 Å². The van der Waals surface area contributed by atoms with Gasteiger partial charge in [-0.15, -0.1) is 0 Å². The fourth-order valence-corrected chi connectivity index (χ4v) is 1.52. The molecule has 82 valence electrons. The van der Waals surface area contributed by atoms with Gasteiger partial charge in [0.15, 0.2) is 0 Å². The molecule has 5 heteroatoms. The molecule has 0 bridgehead atoms. The molecule has 1 heterocycles. The van der Waals surface area contributed by atoms with Crippen LogP contribution in [0.25, 0.3) is 0 Å². The second-order valence-corrected chi connectivity index (χ2v) is 3.57. The van der Waals surface area contributed by atoms with Crippen molar-refractivity contribution in [1.29, 1.82) is 0 Å². The van der Waals surface area contributed by atoms with Crippen molar-refractivity contribution in [1.82, 2.24) is 20.4 Å². The minimum Gasteiger partial charge on any atom is -0.341 e. The zero-order chi connectivity index (χ0) is 10.4. The summed E-state index contributed by atoms with van der Waals surface area (Å²) in [6, 6.07) is -0.0138. The molecular formula is C9H20N4O. The Balaban J connectivity index is 2.15. The van der Waals surface area contributed by atoms with E-state index in [9.17, 15) is 4.79 Å². The van der Waals surface area contributed by atoms with Gasteiger partial charge in [-0.1, -0.05) is 0 Å². The fourth-order valence-electron chi connectivity index (χ4n) is 1.52. The van der Waals surface area contributed by atoms with Crippen LogP contribution in [0.15, 0.2) is 0 Å². The van der Waals surface area contributed by atoms with Crippen molar-refractivity contribution in [2.75, 3.05) is 53.4 Å². The number of piperazine rings is 1. The summed E-state index contributed by atoms with van der Waals surface area (Å²) in [4.78, 5) is 15.2. The molecule has 0 aromatic carbocycles. The summed E-state index contributed by atoms with van der Waals surface area (Å²) in [5.41, 5.74) is 0. The first kappa shape index (κ1) is 11.3. The Kier molecular flexibility index (Phi) is 4.69. The number of likely N-dealkylation sites (N-methyl/N-ethyl adjacent to an activating group) is 1. The monoisotopic (exact) mass is 200 g/mol. The first-order valence-electron chi connectivity index (χ1n) is 5.10. The quantitative estimate of drug-likeness (QED) is 0.625. The molecule has 14 heavy (non-hydrogen) atoms. The van der Waals surface area contributed by atoms with Gasteiger partial charge in [-0.05, 0) is 0 Å². The van der Waals surface area contributed by atoms with E-state index in [-0.39, 0.29) is 6.03 Å². The molecule has 1 fully saturated rings. The standard InChI is InChI=1S/C9H20N4O/c1-10-9(14)12(2)7-8-13-5-3-11-4-6-13/h11H,3-8H2,1-2H3,(H,10,14). The molecule has 1 aliphatic rings. The Morgan fingerprint density at radius 3 is 2.71 bits per heavy atom. The maximum Gasteiger partial charge on any atom is 0.316 e. The van der Waals surface area contributed by atoms with Gasteiger partial charge in [-0.25, -0.2) is 4.79 Å². The van der Waals surface area contributed by atoms with Gasteiger partial charge in [-0.3, -0.25) is 4.90 Å². The van der Waals surface area contributed by atoms with Crippen LogP contribution in [0.3, 0.4) is 0 Å². The minimum absolute atomic E-state index is 0.0138. The predicted molar refractivity (Wildman–Crippen MR) is 56.4 cm³/mol. The number of carbonyl (C=O) groups excluding carboxylic acids is 1. The van der Waals surface area contributed by atoms with Crippen LogP contribution >= 0.6 is 0 Å². The van der Waals surface area contributed by atoms with Gasteiger partial charge in [0, 0.05) is 53.4 Å². The molecular weight excluding hydrogens is 180 g/mol. The highest BCUT2D eigenvalue weighted by molar-refractivity contribution is 5.73. The zero-order valence-electron chi connectivity index (χ0n) is 9.05. The zero-order valence-corrected chi connectivity index (χ0v) is 9.05. The highest BCUT2D eigenvalue weighted by Crippen LogP contribution is 1.93. The second-order valence-electron chi connectivity index (χ2n) is 3.57. The highest BCUT2D eigenvalue weighted by atomic mass is 16.2. The van der Waals surface area contributed by atoms with Crippen molar-refractivity contribution in [3.8, 4) is 0 Å². The molecule has 0 atom stereocenters. The maximum atomic E-state index is 11.2. The average Bonchev–Trinajstić information content (AvgIpc) is 2.26. The molecule has 1 rings (SSSR count). The van der Waals surface area contributed by atoms with E-state index in [2.05, 4.69) is 15.5 Å². The predicted octanol–water partition coefficient (Wildman–Crippen LogP) is -0.837. The highest BCUT2D eigenvalue weighted by Gasteiger charge is 2.11. The normalized spacial score (nSPS) is 17.9. The summed E-state index contributed by atoms with van der Waals surface area (Å²) >= 11 is 0. The Morgan fingerprint density at radius 2 is 2.14 bits per heavy atom. The molecule has 0 aliphatic carbocycles. The maximum absolute atomic E-state index is 11.2. The lowest BCUT2D eigenvalue weighted by Crippen LogP contribution is -2.47. The number of nitrogens with zero attached hydrogens (tertiary/aromatic N) is 2. The number of amides is 2. The van der Waals surface area contributed by atoms with Gasteiger partial charge in [0.25, 0.3) is 0 Å². The van der Waals surface area contributed by atoms with Crippen molar-refractivity contribution in [2.45, 2.75) is 0 Å². The van der Waals surface area contributed by atoms with Crippen LogP contribution in [-0.4, -0.2) is 69.2 Å². The van der Waals surface area contributed by atoms with Gasteiger partial charge >= 0.3 is 6.03 Å². The third-order valence-electron chi connectivity index (χ3n) is 2.52. The molecule has 0 spiro atoms. The van der Waals surface area contributed by atoms with Crippen LogP contribution in [-0.2, 0) is 0 Å². The molecule has 1 aliphatic heterocycles. The van der Waals surface area contributed by atoms with E-state index in [1.165, 1.54) is 0 Å². The third kappa shape index (κ3) is 3.51. The summed E-state index contributed by atoms with van der Waals surface area (Å²) in [7, 11) is 3.48. The molecule has 0 radical (unpaired) electrons. The van der Waals surface area contributed by atoms with E-state index in [0.717, 1.165) is 39.3 Å². The summed E-state index contributed by atoms with van der Waals surface area (Å²) in [6.07, 6.45) is 0. The van der Waals surface area contributed by atoms with Crippen LogP contribution in [0.5, 0.6) is 0 Å². The van der Waals surface area contributed by atoms with Crippen LogP contribution in [0.1, 0.15) is 0 Å². The van der Waals surface area contributed by atoms with Gasteiger partial charge in [0.1, 0.15) is 0 Å². The number of urea groups is 1. The number of nitrogens with one attached hydrogen (secondary N) is 2. The van der Waals surface area contributed by atoms with Crippen molar-refractivity contribution >= 4 is 6.03 Å².